The van der Waals surface area contributed by atoms with Crippen LogP contribution in [-0.2, 0) is 27.4 Å². The van der Waals surface area contributed by atoms with Gasteiger partial charge in [-0.2, -0.15) is 0 Å². The molecule has 5 rings (SSSR count). The smallest absolute Gasteiger partial charge is 0.167 e. The van der Waals surface area contributed by atoms with Gasteiger partial charge in [-0.1, -0.05) is 77.1 Å². The van der Waals surface area contributed by atoms with E-state index < -0.39 is 24.0 Å². The molecule has 0 radical (unpaired) electrons. The fourth-order valence-electron chi connectivity index (χ4n) is 4.75. The molecule has 1 saturated heterocycles. The minimum absolute atomic E-state index is 0.117. The van der Waals surface area contributed by atoms with Crippen LogP contribution >= 0.6 is 58.0 Å². The molecule has 2 aromatic heterocycles. The maximum Gasteiger partial charge on any atom is 0.167 e. The molecule has 3 heterocycles. The Morgan fingerprint density at radius 1 is 0.949 bits per heavy atom. The zero-order chi connectivity index (χ0) is 27.7. The molecule has 12 heteroatoms. The Hall–Kier alpha value is -1.65. The van der Waals surface area contributed by atoms with E-state index in [0.29, 0.717) is 42.7 Å². The van der Waals surface area contributed by atoms with Gasteiger partial charge in [0.1, 0.15) is 34.9 Å². The summed E-state index contributed by atoms with van der Waals surface area (Å²) in [5, 5.41) is 15.0. The van der Waals surface area contributed by atoms with E-state index in [9.17, 15) is 5.11 Å². The number of aliphatic hydroxyl groups is 1. The second-order valence-electron chi connectivity index (χ2n) is 9.21. The topological polar surface area (TPSA) is 78.6 Å². The fraction of sp³-hybridized carbons (Fsp3) is 0.333. The van der Waals surface area contributed by atoms with Crippen molar-refractivity contribution in [3.63, 3.8) is 0 Å². The van der Waals surface area contributed by atoms with Gasteiger partial charge in [0.05, 0.1) is 25.2 Å². The highest BCUT2D eigenvalue weighted by molar-refractivity contribution is 6.35. The fourth-order valence-corrected chi connectivity index (χ4v) is 5.87. The maximum atomic E-state index is 12.1. The number of hydrogen-bond donors (Lipinski definition) is 1. The summed E-state index contributed by atoms with van der Waals surface area (Å²) in [6.07, 6.45) is 1.18. The second kappa shape index (κ2) is 12.1. The van der Waals surface area contributed by atoms with E-state index in [1.165, 1.54) is 6.33 Å². The van der Waals surface area contributed by atoms with Crippen molar-refractivity contribution < 1.29 is 19.3 Å². The first kappa shape index (κ1) is 28.9. The first-order chi connectivity index (χ1) is 18.7. The lowest BCUT2D eigenvalue weighted by molar-refractivity contribution is -0.127. The van der Waals surface area contributed by atoms with Gasteiger partial charge < -0.3 is 23.9 Å². The van der Waals surface area contributed by atoms with Crippen molar-refractivity contribution in [2.24, 2.45) is 0 Å². The highest BCUT2D eigenvalue weighted by Crippen LogP contribution is 2.44. The van der Waals surface area contributed by atoms with Gasteiger partial charge in [0.25, 0.3) is 0 Å². The minimum atomic E-state index is -1.45. The Labute approximate surface area is 250 Å². The first-order valence-electron chi connectivity index (χ1n) is 12.1. The normalized spacial score (nSPS) is 23.1. The Balaban J connectivity index is 1.43. The zero-order valence-electron chi connectivity index (χ0n) is 20.7. The highest BCUT2D eigenvalue weighted by atomic mass is 35.5. The summed E-state index contributed by atoms with van der Waals surface area (Å²) in [6, 6.07) is 12.2. The van der Waals surface area contributed by atoms with Crippen molar-refractivity contribution in [1.82, 2.24) is 14.5 Å². The van der Waals surface area contributed by atoms with Crippen molar-refractivity contribution in [3.05, 3.63) is 91.4 Å². The molecule has 0 saturated carbocycles. The van der Waals surface area contributed by atoms with E-state index in [-0.39, 0.29) is 19.8 Å². The predicted molar refractivity (Wildman–Crippen MR) is 153 cm³/mol. The largest absolute Gasteiger partial charge is 0.382 e. The van der Waals surface area contributed by atoms with Crippen LogP contribution in [0.1, 0.15) is 30.7 Å². The van der Waals surface area contributed by atoms with E-state index in [4.69, 9.17) is 72.2 Å². The number of hydrogen-bond acceptors (Lipinski definition) is 6. The molecule has 2 aromatic carbocycles. The van der Waals surface area contributed by atoms with E-state index >= 15 is 0 Å². The van der Waals surface area contributed by atoms with Crippen molar-refractivity contribution in [2.75, 3.05) is 6.61 Å². The van der Waals surface area contributed by atoms with Crippen molar-refractivity contribution >= 4 is 69.0 Å². The molecule has 0 bridgehead atoms. The average Bonchev–Trinajstić information content (AvgIpc) is 3.45. The molecule has 4 atom stereocenters. The Kier molecular flexibility index (Phi) is 8.93. The van der Waals surface area contributed by atoms with E-state index in [2.05, 4.69) is 9.97 Å². The monoisotopic (exact) mass is 629 g/mol. The predicted octanol–water partition coefficient (Wildman–Crippen LogP) is 7.54. The lowest BCUT2D eigenvalue weighted by atomic mass is 9.91. The van der Waals surface area contributed by atoms with Gasteiger partial charge in [0.15, 0.2) is 6.23 Å². The molecular formula is C27H24Cl5N3O4. The third-order valence-corrected chi connectivity index (χ3v) is 8.30. The summed E-state index contributed by atoms with van der Waals surface area (Å²) in [5.74, 6) is 0. The molecule has 1 aliphatic rings. The van der Waals surface area contributed by atoms with E-state index in [0.717, 1.165) is 11.1 Å². The quantitative estimate of drug-likeness (QED) is 0.192. The van der Waals surface area contributed by atoms with Crippen molar-refractivity contribution in [2.45, 2.75) is 50.6 Å². The molecular weight excluding hydrogens is 608 g/mol. The summed E-state index contributed by atoms with van der Waals surface area (Å²) >= 11 is 31.1. The van der Waals surface area contributed by atoms with Crippen LogP contribution in [0.15, 0.2) is 55.0 Å². The number of nitrogens with zero attached hydrogens (tertiary/aromatic N) is 3. The summed E-state index contributed by atoms with van der Waals surface area (Å²) in [4.78, 5) is 8.42. The van der Waals surface area contributed by atoms with Crippen LogP contribution in [0.5, 0.6) is 0 Å². The Morgan fingerprint density at radius 3 is 2.26 bits per heavy atom. The number of halogens is 5. The highest BCUT2D eigenvalue weighted by Gasteiger charge is 2.56. The lowest BCUT2D eigenvalue weighted by Gasteiger charge is -2.33. The molecule has 39 heavy (non-hydrogen) atoms. The molecule has 0 aliphatic carbocycles. The van der Waals surface area contributed by atoms with Crippen molar-refractivity contribution in [3.8, 4) is 0 Å². The number of fused-ring (bicyclic) bond motifs is 1. The van der Waals surface area contributed by atoms with Gasteiger partial charge in [-0.25, -0.2) is 9.97 Å². The molecule has 206 valence electrons. The molecule has 1 aliphatic heterocycles. The molecule has 1 N–H and O–H groups in total. The lowest BCUT2D eigenvalue weighted by Crippen LogP contribution is -2.48. The average molecular weight is 632 g/mol. The van der Waals surface area contributed by atoms with E-state index in [1.54, 1.807) is 53.2 Å². The molecule has 7 nitrogen and oxygen atoms in total. The van der Waals surface area contributed by atoms with E-state index in [1.807, 2.05) is 6.92 Å². The molecule has 4 aromatic rings. The number of ether oxygens (including phenoxy) is 3. The van der Waals surface area contributed by atoms with Gasteiger partial charge in [-0.05, 0) is 47.9 Å². The van der Waals surface area contributed by atoms with Gasteiger partial charge in [-0.15, -0.1) is 0 Å². The van der Waals surface area contributed by atoms with Gasteiger partial charge in [-0.3, -0.25) is 0 Å². The Bertz CT molecular complexity index is 1490. The van der Waals surface area contributed by atoms with Gasteiger partial charge in [0.2, 0.25) is 0 Å². The van der Waals surface area contributed by atoms with Gasteiger partial charge in [0, 0.05) is 26.3 Å². The zero-order valence-corrected chi connectivity index (χ0v) is 24.4. The van der Waals surface area contributed by atoms with Crippen LogP contribution in [0.25, 0.3) is 11.0 Å². The van der Waals surface area contributed by atoms with Gasteiger partial charge >= 0.3 is 0 Å². The SMILES string of the molecule is CC[C@]1(O)C(n2ccc3c(Cl)ncnc32)O[C@H](COCc2ccc(Cl)cc2Cl)[C@H]1OCc1ccc(Cl)cc1Cl. The second-order valence-corrected chi connectivity index (χ2v) is 11.3. The number of benzene rings is 2. The summed E-state index contributed by atoms with van der Waals surface area (Å²) in [5.41, 5.74) is 0.575. The van der Waals surface area contributed by atoms with Crippen LogP contribution < -0.4 is 0 Å². The first-order valence-corrected chi connectivity index (χ1v) is 14.0. The summed E-state index contributed by atoms with van der Waals surface area (Å²) in [7, 11) is 0. The van der Waals surface area contributed by atoms with Crippen LogP contribution in [0.3, 0.4) is 0 Å². The standard InChI is InChI=1S/C27H24Cl5N3O4/c1-2-27(36)23(38-12-16-4-6-18(29)10-21(16)31)22(13-37-11-15-3-5-17(28)9-20(15)30)39-26(27)35-8-7-19-24(32)33-14-34-25(19)35/h3-10,14,22-23,26,36H,2,11-13H2,1H3/t22-,23-,26?,27-/m1/s1. The Morgan fingerprint density at radius 2 is 1.62 bits per heavy atom. The van der Waals surface area contributed by atoms with Crippen molar-refractivity contribution in [1.29, 1.82) is 0 Å². The summed E-state index contributed by atoms with van der Waals surface area (Å²) in [6.45, 7) is 2.33. The van der Waals surface area contributed by atoms with Crippen LogP contribution in [0, 0.1) is 0 Å². The third kappa shape index (κ3) is 5.89. The molecule has 1 fully saturated rings. The van der Waals surface area contributed by atoms with Crippen LogP contribution in [-0.4, -0.2) is 44.1 Å². The molecule has 0 amide bonds. The number of rotatable bonds is 9. The summed E-state index contributed by atoms with van der Waals surface area (Å²) < 4.78 is 20.5. The molecule has 0 spiro atoms. The maximum absolute atomic E-state index is 12.1. The third-order valence-electron chi connectivity index (χ3n) is 6.83. The molecule has 1 unspecified atom stereocenters. The van der Waals surface area contributed by atoms with Crippen LogP contribution in [0.2, 0.25) is 25.2 Å². The minimum Gasteiger partial charge on any atom is -0.382 e. The number of aromatic nitrogens is 3. The van der Waals surface area contributed by atoms with Crippen LogP contribution in [0.4, 0.5) is 0 Å².